The van der Waals surface area contributed by atoms with E-state index in [1.807, 2.05) is 0 Å². The molecular weight excluding hydrogens is 224 g/mol. The molecular formula is C12H14O5. The van der Waals surface area contributed by atoms with E-state index in [2.05, 4.69) is 0 Å². The number of rotatable bonds is 5. The molecule has 92 valence electrons. The van der Waals surface area contributed by atoms with Crippen LogP contribution in [-0.4, -0.2) is 26.5 Å². The Morgan fingerprint density at radius 1 is 1.35 bits per heavy atom. The molecule has 1 aromatic rings. The molecule has 5 nitrogen and oxygen atoms in total. The molecule has 0 aromatic heterocycles. The second-order valence-electron chi connectivity index (χ2n) is 3.31. The molecule has 5 heteroatoms. The monoisotopic (exact) mass is 238 g/mol. The van der Waals surface area contributed by atoms with E-state index in [4.69, 9.17) is 14.2 Å². The van der Waals surface area contributed by atoms with Crippen molar-refractivity contribution in [3.63, 3.8) is 0 Å². The fourth-order valence-corrected chi connectivity index (χ4v) is 1.48. The number of methoxy groups -OCH3 is 2. The van der Waals surface area contributed by atoms with Crippen LogP contribution >= 0.6 is 0 Å². The Morgan fingerprint density at radius 2 is 2.06 bits per heavy atom. The predicted octanol–water partition coefficient (Wildman–Crippen LogP) is 1.58. The van der Waals surface area contributed by atoms with Crippen molar-refractivity contribution in [3.05, 3.63) is 23.3 Å². The highest BCUT2D eigenvalue weighted by Gasteiger charge is 2.15. The summed E-state index contributed by atoms with van der Waals surface area (Å²) in [5.74, 6) is -0.00802. The Kier molecular flexibility index (Phi) is 4.66. The van der Waals surface area contributed by atoms with Gasteiger partial charge in [0.25, 0.3) is 0 Å². The van der Waals surface area contributed by atoms with E-state index >= 15 is 0 Å². The van der Waals surface area contributed by atoms with Crippen LogP contribution in [0.25, 0.3) is 0 Å². The molecule has 1 aromatic carbocycles. The zero-order valence-corrected chi connectivity index (χ0v) is 9.98. The first-order valence-corrected chi connectivity index (χ1v) is 4.96. The highest BCUT2D eigenvalue weighted by molar-refractivity contribution is 5.84. The van der Waals surface area contributed by atoms with E-state index in [1.165, 1.54) is 21.1 Å². The summed E-state index contributed by atoms with van der Waals surface area (Å²) in [6, 6.07) is 3.23. The fourth-order valence-electron chi connectivity index (χ4n) is 1.48. The molecule has 0 aliphatic heterocycles. The molecule has 0 fully saturated rings. The minimum absolute atomic E-state index is 0.224. The van der Waals surface area contributed by atoms with Gasteiger partial charge in [0.1, 0.15) is 0 Å². The molecule has 0 spiro atoms. The molecule has 0 radical (unpaired) electrons. The van der Waals surface area contributed by atoms with Crippen molar-refractivity contribution in [2.24, 2.45) is 0 Å². The fraction of sp³-hybridized carbons (Fsp3) is 0.333. The lowest BCUT2D eigenvalue weighted by Crippen LogP contribution is -2.06. The number of hydrogen-bond donors (Lipinski definition) is 0. The zero-order chi connectivity index (χ0) is 12.8. The number of hydrogen-bond acceptors (Lipinski definition) is 5. The van der Waals surface area contributed by atoms with Crippen LogP contribution in [0.15, 0.2) is 12.1 Å². The number of esters is 1. The van der Waals surface area contributed by atoms with Gasteiger partial charge in [0.05, 0.1) is 19.3 Å². The molecule has 0 atom stereocenters. The highest BCUT2D eigenvalue weighted by atomic mass is 16.6. The average Bonchev–Trinajstić information content (AvgIpc) is 2.30. The predicted molar refractivity (Wildman–Crippen MR) is 60.4 cm³/mol. The van der Waals surface area contributed by atoms with Gasteiger partial charge in [-0.3, -0.25) is 9.59 Å². The third-order valence-electron chi connectivity index (χ3n) is 2.13. The first kappa shape index (κ1) is 13.2. The SMILES string of the molecule is COCc1ccc(OC(C)=O)c(OC)c1C=O. The van der Waals surface area contributed by atoms with Crippen molar-refractivity contribution in [2.75, 3.05) is 14.2 Å². The van der Waals surface area contributed by atoms with Gasteiger partial charge in [-0.2, -0.15) is 0 Å². The van der Waals surface area contributed by atoms with Gasteiger partial charge in [-0.15, -0.1) is 0 Å². The van der Waals surface area contributed by atoms with Crippen molar-refractivity contribution in [1.29, 1.82) is 0 Å². The van der Waals surface area contributed by atoms with E-state index in [0.717, 1.165) is 0 Å². The summed E-state index contributed by atoms with van der Waals surface area (Å²) in [7, 11) is 2.94. The first-order chi connectivity index (χ1) is 8.13. The Hall–Kier alpha value is -1.88. The van der Waals surface area contributed by atoms with Crippen LogP contribution in [0.1, 0.15) is 22.8 Å². The third kappa shape index (κ3) is 3.04. The van der Waals surface area contributed by atoms with Crippen LogP contribution in [0.5, 0.6) is 11.5 Å². The lowest BCUT2D eigenvalue weighted by atomic mass is 10.1. The number of ether oxygens (including phenoxy) is 3. The minimum atomic E-state index is -0.473. The van der Waals surface area contributed by atoms with Crippen LogP contribution in [0.4, 0.5) is 0 Å². The molecule has 0 heterocycles. The highest BCUT2D eigenvalue weighted by Crippen LogP contribution is 2.33. The van der Waals surface area contributed by atoms with Gasteiger partial charge in [-0.25, -0.2) is 0 Å². The Bertz CT molecular complexity index is 425. The van der Waals surface area contributed by atoms with Crippen LogP contribution in [0, 0.1) is 0 Å². The van der Waals surface area contributed by atoms with Gasteiger partial charge >= 0.3 is 5.97 Å². The summed E-state index contributed by atoms with van der Waals surface area (Å²) in [5.41, 5.74) is 1.00. The van der Waals surface area contributed by atoms with Gasteiger partial charge in [-0.1, -0.05) is 6.07 Å². The quantitative estimate of drug-likeness (QED) is 0.442. The summed E-state index contributed by atoms with van der Waals surface area (Å²) in [5, 5.41) is 0. The lowest BCUT2D eigenvalue weighted by Gasteiger charge is -2.13. The van der Waals surface area contributed by atoms with Crippen molar-refractivity contribution in [2.45, 2.75) is 13.5 Å². The van der Waals surface area contributed by atoms with Crippen molar-refractivity contribution in [1.82, 2.24) is 0 Å². The largest absolute Gasteiger partial charge is 0.492 e. The summed E-state index contributed by atoms with van der Waals surface area (Å²) in [4.78, 5) is 21.9. The van der Waals surface area contributed by atoms with Gasteiger partial charge in [0.15, 0.2) is 17.8 Å². The first-order valence-electron chi connectivity index (χ1n) is 4.96. The van der Waals surface area contributed by atoms with Gasteiger partial charge in [0.2, 0.25) is 0 Å². The second-order valence-corrected chi connectivity index (χ2v) is 3.31. The molecule has 0 saturated carbocycles. The number of aldehydes is 1. The van der Waals surface area contributed by atoms with Crippen molar-refractivity contribution < 1.29 is 23.8 Å². The summed E-state index contributed by atoms with van der Waals surface area (Å²) >= 11 is 0. The number of carbonyl (C=O) groups is 2. The Labute approximate surface area is 99.3 Å². The van der Waals surface area contributed by atoms with Gasteiger partial charge in [-0.05, 0) is 11.6 Å². The van der Waals surface area contributed by atoms with Crippen molar-refractivity contribution >= 4 is 12.3 Å². The number of carbonyl (C=O) groups excluding carboxylic acids is 2. The molecule has 0 aliphatic rings. The van der Waals surface area contributed by atoms with Crippen LogP contribution in [0.3, 0.4) is 0 Å². The zero-order valence-electron chi connectivity index (χ0n) is 9.98. The Balaban J connectivity index is 3.26. The third-order valence-corrected chi connectivity index (χ3v) is 2.13. The normalized spacial score (nSPS) is 9.82. The molecule has 0 unspecified atom stereocenters. The van der Waals surface area contributed by atoms with E-state index in [0.29, 0.717) is 17.4 Å². The molecule has 17 heavy (non-hydrogen) atoms. The maximum absolute atomic E-state index is 11.0. The molecule has 0 aliphatic carbocycles. The van der Waals surface area contributed by atoms with Gasteiger partial charge < -0.3 is 14.2 Å². The topological polar surface area (TPSA) is 61.8 Å². The summed E-state index contributed by atoms with van der Waals surface area (Å²) < 4.78 is 15.0. The average molecular weight is 238 g/mol. The van der Waals surface area contributed by atoms with E-state index in [9.17, 15) is 9.59 Å². The second kappa shape index (κ2) is 6.00. The minimum Gasteiger partial charge on any atom is -0.492 e. The number of benzene rings is 1. The maximum atomic E-state index is 11.0. The Morgan fingerprint density at radius 3 is 2.53 bits per heavy atom. The van der Waals surface area contributed by atoms with Crippen LogP contribution in [-0.2, 0) is 16.1 Å². The van der Waals surface area contributed by atoms with E-state index in [1.54, 1.807) is 12.1 Å². The van der Waals surface area contributed by atoms with E-state index in [-0.39, 0.29) is 18.1 Å². The van der Waals surface area contributed by atoms with E-state index < -0.39 is 5.97 Å². The standard InChI is InChI=1S/C12H14O5/c1-8(14)17-11-5-4-9(7-15-2)10(6-13)12(11)16-3/h4-6H,7H2,1-3H3. The van der Waals surface area contributed by atoms with Crippen LogP contribution < -0.4 is 9.47 Å². The molecule has 1 rings (SSSR count). The molecule has 0 amide bonds. The lowest BCUT2D eigenvalue weighted by molar-refractivity contribution is -0.132. The molecule has 0 bridgehead atoms. The maximum Gasteiger partial charge on any atom is 0.308 e. The summed E-state index contributed by atoms with van der Waals surface area (Å²) in [6.07, 6.45) is 0.653. The van der Waals surface area contributed by atoms with Crippen molar-refractivity contribution in [3.8, 4) is 11.5 Å². The molecule has 0 saturated heterocycles. The summed E-state index contributed by atoms with van der Waals surface area (Å²) in [6.45, 7) is 1.56. The smallest absolute Gasteiger partial charge is 0.308 e. The molecule has 0 N–H and O–H groups in total. The van der Waals surface area contributed by atoms with Gasteiger partial charge in [0, 0.05) is 14.0 Å². The van der Waals surface area contributed by atoms with Crippen LogP contribution in [0.2, 0.25) is 0 Å².